The van der Waals surface area contributed by atoms with E-state index >= 15 is 0 Å². The van der Waals surface area contributed by atoms with Gasteiger partial charge in [-0.3, -0.25) is 0 Å². The minimum Gasteiger partial charge on any atom is -0.490 e. The number of hydrogen-bond donors (Lipinski definition) is 1. The first kappa shape index (κ1) is 14.7. The van der Waals surface area contributed by atoms with Crippen LogP contribution in [-0.2, 0) is 0 Å². The maximum atomic E-state index is 6.23. The predicted octanol–water partition coefficient (Wildman–Crippen LogP) is 3.57. The van der Waals surface area contributed by atoms with E-state index in [1.165, 1.54) is 37.8 Å². The minimum absolute atomic E-state index is 0.308. The van der Waals surface area contributed by atoms with E-state index in [0.29, 0.717) is 12.1 Å². The number of hydrogen-bond acceptors (Lipinski definition) is 3. The van der Waals surface area contributed by atoms with Crippen molar-refractivity contribution in [2.45, 2.75) is 57.6 Å². The quantitative estimate of drug-likeness (QED) is 0.924. The van der Waals surface area contributed by atoms with E-state index in [4.69, 9.17) is 10.5 Å². The highest BCUT2D eigenvalue weighted by molar-refractivity contribution is 5.51. The van der Waals surface area contributed by atoms with E-state index in [9.17, 15) is 0 Å². The Bertz CT molecular complexity index is 462. The summed E-state index contributed by atoms with van der Waals surface area (Å²) in [5.74, 6) is 1.82. The molecule has 0 aromatic heterocycles. The highest BCUT2D eigenvalue weighted by Gasteiger charge is 2.21. The van der Waals surface area contributed by atoms with Crippen LogP contribution < -0.4 is 15.4 Å². The molecule has 1 aromatic carbocycles. The molecule has 2 aliphatic rings. The van der Waals surface area contributed by atoms with Gasteiger partial charge in [0, 0.05) is 30.9 Å². The average Bonchev–Trinajstić information content (AvgIpc) is 2.47. The molecule has 0 amide bonds. The van der Waals surface area contributed by atoms with Gasteiger partial charge in [-0.1, -0.05) is 19.4 Å². The molecule has 116 valence electrons. The summed E-state index contributed by atoms with van der Waals surface area (Å²) in [4.78, 5) is 2.39. The van der Waals surface area contributed by atoms with Gasteiger partial charge in [0.15, 0.2) is 0 Å². The summed E-state index contributed by atoms with van der Waals surface area (Å²) in [5.41, 5.74) is 7.35. The normalized spacial score (nSPS) is 30.2. The summed E-state index contributed by atoms with van der Waals surface area (Å²) in [6.45, 7) is 4.41. The molecule has 2 N–H and O–H groups in total. The van der Waals surface area contributed by atoms with Crippen molar-refractivity contribution in [2.24, 2.45) is 11.7 Å². The summed E-state index contributed by atoms with van der Waals surface area (Å²) in [6.07, 6.45) is 7.77. The number of ether oxygens (including phenoxy) is 1. The highest BCUT2D eigenvalue weighted by atomic mass is 16.5. The molecule has 3 unspecified atom stereocenters. The lowest BCUT2D eigenvalue weighted by Crippen LogP contribution is -2.42. The van der Waals surface area contributed by atoms with Crippen LogP contribution in [0.25, 0.3) is 0 Å². The van der Waals surface area contributed by atoms with Crippen LogP contribution in [0.4, 0.5) is 5.69 Å². The number of nitrogens with two attached hydrogens (primary N) is 1. The van der Waals surface area contributed by atoms with Gasteiger partial charge in [0.2, 0.25) is 0 Å². The fourth-order valence-corrected chi connectivity index (χ4v) is 3.68. The van der Waals surface area contributed by atoms with Crippen LogP contribution in [-0.4, -0.2) is 25.2 Å². The zero-order valence-corrected chi connectivity index (χ0v) is 13.1. The number of piperidine rings is 1. The number of anilines is 1. The first-order chi connectivity index (χ1) is 10.2. The van der Waals surface area contributed by atoms with Gasteiger partial charge < -0.3 is 15.4 Å². The molecular formula is C18H28N2O. The second kappa shape index (κ2) is 6.69. The zero-order chi connectivity index (χ0) is 14.7. The fourth-order valence-electron chi connectivity index (χ4n) is 3.68. The van der Waals surface area contributed by atoms with Crippen molar-refractivity contribution >= 4 is 5.69 Å². The molecule has 1 heterocycles. The Morgan fingerprint density at radius 2 is 2.10 bits per heavy atom. The average molecular weight is 288 g/mol. The standard InChI is InChI=1S/C18H28N2O/c1-14-5-2-8-17(11-14)21-18-9-3-7-16(12-18)20-10-4-6-15(19)13-20/h3,7,9,12,14-15,17H,2,4-6,8,10-11,13,19H2,1H3. The van der Waals surface area contributed by atoms with E-state index < -0.39 is 0 Å². The molecular weight excluding hydrogens is 260 g/mol. The van der Waals surface area contributed by atoms with E-state index in [2.05, 4.69) is 36.1 Å². The Labute approximate surface area is 128 Å². The highest BCUT2D eigenvalue weighted by Crippen LogP contribution is 2.29. The van der Waals surface area contributed by atoms with Gasteiger partial charge in [-0.15, -0.1) is 0 Å². The molecule has 0 spiro atoms. The van der Waals surface area contributed by atoms with Crippen LogP contribution in [0.1, 0.15) is 45.4 Å². The summed E-state index contributed by atoms with van der Waals surface area (Å²) in [6, 6.07) is 8.87. The van der Waals surface area contributed by atoms with Gasteiger partial charge in [0.05, 0.1) is 6.10 Å². The topological polar surface area (TPSA) is 38.5 Å². The van der Waals surface area contributed by atoms with Crippen LogP contribution in [0.5, 0.6) is 5.75 Å². The molecule has 1 aromatic rings. The summed E-state index contributed by atoms with van der Waals surface area (Å²) < 4.78 is 6.23. The van der Waals surface area contributed by atoms with Gasteiger partial charge in [-0.05, 0) is 50.2 Å². The van der Waals surface area contributed by atoms with Crippen molar-refractivity contribution in [3.8, 4) is 5.75 Å². The largest absolute Gasteiger partial charge is 0.490 e. The maximum Gasteiger partial charge on any atom is 0.121 e. The van der Waals surface area contributed by atoms with Crippen LogP contribution >= 0.6 is 0 Å². The minimum atomic E-state index is 0.308. The molecule has 3 nitrogen and oxygen atoms in total. The third-order valence-electron chi connectivity index (χ3n) is 4.83. The van der Waals surface area contributed by atoms with Crippen molar-refractivity contribution in [1.29, 1.82) is 0 Å². The Morgan fingerprint density at radius 3 is 2.90 bits per heavy atom. The van der Waals surface area contributed by atoms with Crippen LogP contribution in [0.3, 0.4) is 0 Å². The Balaban J connectivity index is 1.65. The molecule has 3 rings (SSSR count). The van der Waals surface area contributed by atoms with E-state index in [1.54, 1.807) is 0 Å². The Hall–Kier alpha value is -1.22. The SMILES string of the molecule is CC1CCCC(Oc2cccc(N3CCCC(N)C3)c2)C1. The first-order valence-corrected chi connectivity index (χ1v) is 8.48. The van der Waals surface area contributed by atoms with Crippen LogP contribution in [0.15, 0.2) is 24.3 Å². The third-order valence-corrected chi connectivity index (χ3v) is 4.83. The molecule has 21 heavy (non-hydrogen) atoms. The zero-order valence-electron chi connectivity index (χ0n) is 13.1. The van der Waals surface area contributed by atoms with Crippen molar-refractivity contribution in [1.82, 2.24) is 0 Å². The molecule has 3 heteroatoms. The third kappa shape index (κ3) is 3.91. The molecule has 1 saturated heterocycles. The summed E-state index contributed by atoms with van der Waals surface area (Å²) >= 11 is 0. The molecule has 1 aliphatic heterocycles. The van der Waals surface area contributed by atoms with Crippen molar-refractivity contribution in [2.75, 3.05) is 18.0 Å². The van der Waals surface area contributed by atoms with Crippen molar-refractivity contribution in [3.05, 3.63) is 24.3 Å². The second-order valence-electron chi connectivity index (χ2n) is 6.86. The van der Waals surface area contributed by atoms with Gasteiger partial charge in [0.25, 0.3) is 0 Å². The second-order valence-corrected chi connectivity index (χ2v) is 6.86. The van der Waals surface area contributed by atoms with Crippen molar-refractivity contribution < 1.29 is 4.74 Å². The van der Waals surface area contributed by atoms with E-state index in [1.807, 2.05) is 0 Å². The van der Waals surface area contributed by atoms with Gasteiger partial charge >= 0.3 is 0 Å². The lowest BCUT2D eigenvalue weighted by molar-refractivity contribution is 0.129. The first-order valence-electron chi connectivity index (χ1n) is 8.48. The Kier molecular flexibility index (Phi) is 4.69. The van der Waals surface area contributed by atoms with Crippen LogP contribution in [0, 0.1) is 5.92 Å². The molecule has 0 radical (unpaired) electrons. The van der Waals surface area contributed by atoms with Gasteiger partial charge in [-0.25, -0.2) is 0 Å². The lowest BCUT2D eigenvalue weighted by atomic mass is 9.89. The van der Waals surface area contributed by atoms with Gasteiger partial charge in [-0.2, -0.15) is 0 Å². The van der Waals surface area contributed by atoms with E-state index in [0.717, 1.165) is 31.2 Å². The predicted molar refractivity (Wildman–Crippen MR) is 87.9 cm³/mol. The summed E-state index contributed by atoms with van der Waals surface area (Å²) in [5, 5.41) is 0. The van der Waals surface area contributed by atoms with Gasteiger partial charge in [0.1, 0.15) is 5.75 Å². The maximum absolute atomic E-state index is 6.23. The van der Waals surface area contributed by atoms with Crippen molar-refractivity contribution in [3.63, 3.8) is 0 Å². The number of benzene rings is 1. The fraction of sp³-hybridized carbons (Fsp3) is 0.667. The monoisotopic (exact) mass is 288 g/mol. The molecule has 3 atom stereocenters. The molecule has 1 saturated carbocycles. The van der Waals surface area contributed by atoms with E-state index in [-0.39, 0.29) is 0 Å². The van der Waals surface area contributed by atoms with Crippen LogP contribution in [0.2, 0.25) is 0 Å². The summed E-state index contributed by atoms with van der Waals surface area (Å²) in [7, 11) is 0. The number of nitrogens with zero attached hydrogens (tertiary/aromatic N) is 1. The molecule has 0 bridgehead atoms. The molecule has 2 fully saturated rings. The smallest absolute Gasteiger partial charge is 0.121 e. The Morgan fingerprint density at radius 1 is 1.19 bits per heavy atom. The lowest BCUT2D eigenvalue weighted by Gasteiger charge is -2.33. The number of rotatable bonds is 3. The molecule has 1 aliphatic carbocycles.